The fourth-order valence-corrected chi connectivity index (χ4v) is 4.82. The van der Waals surface area contributed by atoms with E-state index in [0.717, 1.165) is 12.1 Å². The molecule has 30 heavy (non-hydrogen) atoms. The van der Waals surface area contributed by atoms with E-state index in [1.54, 1.807) is 4.90 Å². The Morgan fingerprint density at radius 1 is 1.10 bits per heavy atom. The molecule has 0 bridgehead atoms. The highest BCUT2D eigenvalue weighted by Crippen LogP contribution is 2.25. The summed E-state index contributed by atoms with van der Waals surface area (Å²) in [6.07, 6.45) is 2.07. The summed E-state index contributed by atoms with van der Waals surface area (Å²) in [7, 11) is -1.37. The largest absolute Gasteiger partial charge is 0.478 e. The smallest absolute Gasteiger partial charge is 0.337 e. The number of amides is 2. The van der Waals surface area contributed by atoms with Crippen molar-refractivity contribution in [3.8, 4) is 0 Å². The van der Waals surface area contributed by atoms with Crippen molar-refractivity contribution in [1.29, 1.82) is 0 Å². The lowest BCUT2D eigenvalue weighted by Crippen LogP contribution is -2.39. The van der Waals surface area contributed by atoms with Crippen LogP contribution in [0.25, 0.3) is 0 Å². The maximum atomic E-state index is 12.7. The van der Waals surface area contributed by atoms with Gasteiger partial charge in [0.1, 0.15) is 5.82 Å². The summed E-state index contributed by atoms with van der Waals surface area (Å²) in [5.74, 6) is -0.515. The second-order valence-corrected chi connectivity index (χ2v) is 13.9. The van der Waals surface area contributed by atoms with Gasteiger partial charge in [0.25, 0.3) is 0 Å². The molecule has 2 amide bonds. The van der Waals surface area contributed by atoms with Crippen LogP contribution < -0.4 is 15.4 Å². The van der Waals surface area contributed by atoms with Gasteiger partial charge in [0.05, 0.1) is 18.7 Å². The number of carbonyl (C=O) groups excluding carboxylic acids is 1. The van der Waals surface area contributed by atoms with Gasteiger partial charge in [-0.3, -0.25) is 0 Å². The van der Waals surface area contributed by atoms with Gasteiger partial charge in [-0.2, -0.15) is 0 Å². The predicted molar refractivity (Wildman–Crippen MR) is 123 cm³/mol. The Morgan fingerprint density at radius 3 is 2.40 bits per heavy atom. The van der Waals surface area contributed by atoms with Crippen LogP contribution in [0.2, 0.25) is 24.7 Å². The van der Waals surface area contributed by atoms with Crippen molar-refractivity contribution in [3.05, 3.63) is 47.1 Å². The maximum absolute atomic E-state index is 12.7. The maximum Gasteiger partial charge on any atom is 0.337 e. The van der Waals surface area contributed by atoms with Crippen molar-refractivity contribution in [1.82, 2.24) is 9.88 Å². The molecular formula is C21H27ClN4O3Si. The number of hydrogen-bond donors (Lipinski definition) is 2. The number of nitrogens with zero attached hydrogens (tertiary/aromatic N) is 3. The lowest BCUT2D eigenvalue weighted by Gasteiger charge is -2.24. The summed E-state index contributed by atoms with van der Waals surface area (Å²) in [6, 6.07) is 9.40. The average Bonchev–Trinajstić information content (AvgIpc) is 2.94. The molecule has 0 aliphatic carbocycles. The number of aromatic carboxylic acids is 1. The number of rotatable bonds is 4. The first kappa shape index (κ1) is 22.1. The number of carboxylic acid groups (broad SMARTS) is 1. The Labute approximate surface area is 182 Å². The Kier molecular flexibility index (Phi) is 6.67. The zero-order chi connectivity index (χ0) is 21.9. The molecule has 1 aromatic heterocycles. The highest BCUT2D eigenvalue weighted by atomic mass is 35.5. The fourth-order valence-electron chi connectivity index (χ4n) is 3.37. The van der Waals surface area contributed by atoms with Crippen LogP contribution in [0.1, 0.15) is 16.8 Å². The number of urea groups is 1. The Bertz CT molecular complexity index is 931. The van der Waals surface area contributed by atoms with E-state index in [2.05, 4.69) is 42.1 Å². The number of benzene rings is 1. The molecule has 0 radical (unpaired) electrons. The van der Waals surface area contributed by atoms with E-state index < -0.39 is 14.0 Å². The van der Waals surface area contributed by atoms with Crippen LogP contribution in [-0.2, 0) is 0 Å². The minimum Gasteiger partial charge on any atom is -0.478 e. The van der Waals surface area contributed by atoms with Gasteiger partial charge in [0.15, 0.2) is 0 Å². The summed E-state index contributed by atoms with van der Waals surface area (Å²) in [4.78, 5) is 31.8. The molecule has 2 heterocycles. The van der Waals surface area contributed by atoms with E-state index in [4.69, 9.17) is 16.7 Å². The molecule has 1 saturated heterocycles. The summed E-state index contributed by atoms with van der Waals surface area (Å²) in [5.41, 5.74) is 0.844. The molecule has 0 saturated carbocycles. The molecule has 1 aliphatic heterocycles. The van der Waals surface area contributed by atoms with Gasteiger partial charge in [-0.1, -0.05) is 48.6 Å². The number of aromatic nitrogens is 1. The number of carboxylic acids is 1. The predicted octanol–water partition coefficient (Wildman–Crippen LogP) is 3.72. The molecule has 0 atom stereocenters. The normalized spacial score (nSPS) is 14.9. The SMILES string of the molecule is C[Si](C)(C)c1ccc(NC(=O)N2CCCN(c3ncc(C(=O)O)cc3Cl)CC2)cc1. The van der Waals surface area contributed by atoms with Crippen molar-refractivity contribution in [2.75, 3.05) is 36.4 Å². The van der Waals surface area contributed by atoms with E-state index in [9.17, 15) is 9.59 Å². The zero-order valence-electron chi connectivity index (χ0n) is 17.5. The molecular weight excluding hydrogens is 420 g/mol. The second kappa shape index (κ2) is 9.05. The first-order chi connectivity index (χ1) is 14.1. The highest BCUT2D eigenvalue weighted by Gasteiger charge is 2.22. The first-order valence-corrected chi connectivity index (χ1v) is 13.8. The summed E-state index contributed by atoms with van der Waals surface area (Å²) in [6.45, 7) is 9.28. The van der Waals surface area contributed by atoms with E-state index in [0.29, 0.717) is 37.0 Å². The minimum atomic E-state index is -1.37. The van der Waals surface area contributed by atoms with Gasteiger partial charge in [0, 0.05) is 38.1 Å². The van der Waals surface area contributed by atoms with Crippen molar-refractivity contribution in [2.24, 2.45) is 0 Å². The number of carbonyl (C=O) groups is 2. The monoisotopic (exact) mass is 446 g/mol. The van der Waals surface area contributed by atoms with E-state index >= 15 is 0 Å². The molecule has 3 rings (SSSR count). The van der Waals surface area contributed by atoms with Crippen molar-refractivity contribution >= 4 is 48.4 Å². The third-order valence-corrected chi connectivity index (χ3v) is 7.50. The van der Waals surface area contributed by atoms with Crippen LogP contribution in [-0.4, -0.2) is 61.2 Å². The molecule has 0 spiro atoms. The standard InChI is InChI=1S/C21H27ClN4O3Si/c1-30(2,3)17-7-5-16(6-8-17)24-21(29)26-10-4-9-25(11-12-26)19-18(22)13-15(14-23-19)20(27)28/h5-8,13-14H,4,9-12H2,1-3H3,(H,24,29)(H,27,28). The molecule has 1 fully saturated rings. The highest BCUT2D eigenvalue weighted by molar-refractivity contribution is 6.88. The van der Waals surface area contributed by atoms with Crippen LogP contribution in [0.3, 0.4) is 0 Å². The Balaban J connectivity index is 1.62. The third kappa shape index (κ3) is 5.31. The van der Waals surface area contributed by atoms with Crippen molar-refractivity contribution in [2.45, 2.75) is 26.1 Å². The Morgan fingerprint density at radius 2 is 1.80 bits per heavy atom. The topological polar surface area (TPSA) is 85.8 Å². The number of halogens is 1. The summed E-state index contributed by atoms with van der Waals surface area (Å²) < 4.78 is 0. The molecule has 1 aromatic carbocycles. The minimum absolute atomic E-state index is 0.0553. The van der Waals surface area contributed by atoms with Gasteiger partial charge in [0.2, 0.25) is 0 Å². The second-order valence-electron chi connectivity index (χ2n) is 8.42. The average molecular weight is 447 g/mol. The van der Waals surface area contributed by atoms with Crippen LogP contribution in [0.15, 0.2) is 36.5 Å². The summed E-state index contributed by atoms with van der Waals surface area (Å²) >= 11 is 6.25. The number of anilines is 2. The summed E-state index contributed by atoms with van der Waals surface area (Å²) in [5, 5.41) is 13.7. The number of pyridine rings is 1. The van der Waals surface area contributed by atoms with Gasteiger partial charge < -0.3 is 20.2 Å². The van der Waals surface area contributed by atoms with Gasteiger partial charge in [-0.25, -0.2) is 14.6 Å². The van der Waals surface area contributed by atoms with Crippen LogP contribution in [0.5, 0.6) is 0 Å². The molecule has 2 aromatic rings. The van der Waals surface area contributed by atoms with E-state index in [-0.39, 0.29) is 11.6 Å². The van der Waals surface area contributed by atoms with Crippen LogP contribution in [0.4, 0.5) is 16.3 Å². The molecule has 2 N–H and O–H groups in total. The lowest BCUT2D eigenvalue weighted by molar-refractivity contribution is 0.0696. The number of nitrogens with one attached hydrogen (secondary N) is 1. The molecule has 1 aliphatic rings. The molecule has 160 valence electrons. The molecule has 7 nitrogen and oxygen atoms in total. The third-order valence-electron chi connectivity index (χ3n) is 5.15. The lowest BCUT2D eigenvalue weighted by atomic mass is 10.2. The van der Waals surface area contributed by atoms with Crippen LogP contribution >= 0.6 is 11.6 Å². The fraction of sp³-hybridized carbons (Fsp3) is 0.381. The van der Waals surface area contributed by atoms with Crippen molar-refractivity contribution < 1.29 is 14.7 Å². The van der Waals surface area contributed by atoms with Gasteiger partial charge in [-0.05, 0) is 24.6 Å². The van der Waals surface area contributed by atoms with Gasteiger partial charge in [-0.15, -0.1) is 0 Å². The molecule has 9 heteroatoms. The Hall–Kier alpha value is -2.58. The van der Waals surface area contributed by atoms with Crippen LogP contribution in [0, 0.1) is 0 Å². The quantitative estimate of drug-likeness (QED) is 0.699. The zero-order valence-corrected chi connectivity index (χ0v) is 19.2. The van der Waals surface area contributed by atoms with Gasteiger partial charge >= 0.3 is 12.0 Å². The first-order valence-electron chi connectivity index (χ1n) is 9.95. The molecule has 0 unspecified atom stereocenters. The number of hydrogen-bond acceptors (Lipinski definition) is 4. The van der Waals surface area contributed by atoms with E-state index in [1.165, 1.54) is 17.4 Å². The van der Waals surface area contributed by atoms with E-state index in [1.807, 2.05) is 17.0 Å². The van der Waals surface area contributed by atoms with Crippen molar-refractivity contribution in [3.63, 3.8) is 0 Å².